The molecule has 1 aliphatic rings. The number of benzene rings is 1. The van der Waals surface area contributed by atoms with Crippen molar-refractivity contribution in [1.82, 2.24) is 0 Å². The van der Waals surface area contributed by atoms with E-state index in [1.54, 1.807) is 0 Å². The van der Waals surface area contributed by atoms with Crippen molar-refractivity contribution in [1.29, 1.82) is 0 Å². The molecule has 0 saturated carbocycles. The Labute approximate surface area is 113 Å². The molecule has 0 radical (unpaired) electrons. The Hall–Kier alpha value is -1.11. The molecule has 18 heavy (non-hydrogen) atoms. The van der Waals surface area contributed by atoms with Crippen molar-refractivity contribution in [2.45, 2.75) is 59.8 Å². The van der Waals surface area contributed by atoms with Gasteiger partial charge in [0, 0.05) is 25.0 Å². The molecule has 1 nitrogen and oxygen atoms in total. The molecular weight excluding hydrogens is 218 g/mol. The summed E-state index contributed by atoms with van der Waals surface area (Å²) >= 11 is 0. The van der Waals surface area contributed by atoms with E-state index < -0.39 is 0 Å². The molecule has 0 saturated heterocycles. The molecule has 0 unspecified atom stereocenters. The summed E-state index contributed by atoms with van der Waals surface area (Å²) < 4.78 is 2.50. The normalized spacial score (nSPS) is 16.1. The van der Waals surface area contributed by atoms with E-state index in [2.05, 4.69) is 56.5 Å². The highest BCUT2D eigenvalue weighted by molar-refractivity contribution is 5.93. The summed E-state index contributed by atoms with van der Waals surface area (Å²) in [6.45, 7) is 14.3. The highest BCUT2D eigenvalue weighted by atomic mass is 15.1. The van der Waals surface area contributed by atoms with Gasteiger partial charge in [-0.3, -0.25) is 0 Å². The van der Waals surface area contributed by atoms with Gasteiger partial charge in [0.05, 0.1) is 5.41 Å². The molecule has 100 valence electrons. The van der Waals surface area contributed by atoms with Crippen LogP contribution in [0.1, 0.15) is 59.9 Å². The minimum absolute atomic E-state index is 0.199. The van der Waals surface area contributed by atoms with E-state index in [1.807, 2.05) is 13.8 Å². The summed E-state index contributed by atoms with van der Waals surface area (Å²) in [6.07, 6.45) is 2.52. The Morgan fingerprint density at radius 3 is 2.33 bits per heavy atom. The summed E-state index contributed by atoms with van der Waals surface area (Å²) in [4.78, 5) is 0. The maximum atomic E-state index is 2.50. The number of para-hydroxylation sites is 1. The maximum absolute atomic E-state index is 2.50. The van der Waals surface area contributed by atoms with Crippen LogP contribution in [0.3, 0.4) is 0 Å². The summed E-state index contributed by atoms with van der Waals surface area (Å²) in [5.74, 6) is 0. The Bertz CT molecular complexity index is 427. The molecule has 1 aromatic carbocycles. The predicted molar refractivity (Wildman–Crippen MR) is 81.2 cm³/mol. The number of hydrogen-bond donors (Lipinski definition) is 0. The third-order valence-corrected chi connectivity index (χ3v) is 3.91. The number of hydrogen-bond acceptors (Lipinski definition) is 0. The van der Waals surface area contributed by atoms with Crippen LogP contribution in [0.4, 0.5) is 5.69 Å². The highest BCUT2D eigenvalue weighted by Crippen LogP contribution is 2.39. The minimum Gasteiger partial charge on any atom is -0.199 e. The van der Waals surface area contributed by atoms with Gasteiger partial charge in [0.1, 0.15) is 6.54 Å². The van der Waals surface area contributed by atoms with Crippen LogP contribution >= 0.6 is 0 Å². The van der Waals surface area contributed by atoms with Gasteiger partial charge in [-0.15, -0.1) is 0 Å². The molecule has 0 aromatic heterocycles. The first-order chi connectivity index (χ1) is 8.59. The Morgan fingerprint density at radius 2 is 1.72 bits per heavy atom. The molecule has 0 amide bonds. The lowest BCUT2D eigenvalue weighted by molar-refractivity contribution is -0.439. The van der Waals surface area contributed by atoms with Crippen molar-refractivity contribution in [2.24, 2.45) is 0 Å². The maximum Gasteiger partial charge on any atom is 0.209 e. The van der Waals surface area contributed by atoms with Crippen LogP contribution < -0.4 is 0 Å². The van der Waals surface area contributed by atoms with Gasteiger partial charge in [-0.1, -0.05) is 45.4 Å². The third-order valence-electron chi connectivity index (χ3n) is 3.91. The highest BCUT2D eigenvalue weighted by Gasteiger charge is 2.42. The molecular formula is C17H28N+. The standard InChI is InChI=1S/C15H22N.C2H6/c1-5-6-11-16-12(2)15(3,4)13-9-7-8-10-14(13)16;1-2/h7-10H,5-6,11H2,1-4H3;1-2H3/q+1;. The summed E-state index contributed by atoms with van der Waals surface area (Å²) in [5, 5.41) is 0. The van der Waals surface area contributed by atoms with Crippen LogP contribution in [-0.2, 0) is 5.41 Å². The first-order valence-corrected chi connectivity index (χ1v) is 7.30. The first-order valence-electron chi connectivity index (χ1n) is 7.30. The minimum atomic E-state index is 0.199. The largest absolute Gasteiger partial charge is 0.209 e. The lowest BCUT2D eigenvalue weighted by Crippen LogP contribution is -2.26. The van der Waals surface area contributed by atoms with E-state index in [-0.39, 0.29) is 5.41 Å². The monoisotopic (exact) mass is 246 g/mol. The molecule has 0 fully saturated rings. The van der Waals surface area contributed by atoms with E-state index >= 15 is 0 Å². The van der Waals surface area contributed by atoms with Crippen LogP contribution in [0.25, 0.3) is 0 Å². The number of fused-ring (bicyclic) bond motifs is 1. The van der Waals surface area contributed by atoms with Gasteiger partial charge >= 0.3 is 0 Å². The van der Waals surface area contributed by atoms with Gasteiger partial charge in [-0.2, -0.15) is 4.58 Å². The summed E-state index contributed by atoms with van der Waals surface area (Å²) in [5.41, 5.74) is 4.58. The lowest BCUT2D eigenvalue weighted by Gasteiger charge is -2.14. The van der Waals surface area contributed by atoms with E-state index in [0.717, 1.165) is 6.54 Å². The van der Waals surface area contributed by atoms with Crippen molar-refractivity contribution in [3.05, 3.63) is 29.8 Å². The SMILES string of the molecule is CC.CCCC[N+]1=C(C)C(C)(C)c2ccccc21. The Kier molecular flexibility index (Phi) is 5.13. The van der Waals surface area contributed by atoms with Crippen LogP contribution in [0.5, 0.6) is 0 Å². The molecule has 1 aromatic rings. The zero-order valence-electron chi connectivity index (χ0n) is 12.9. The van der Waals surface area contributed by atoms with E-state index in [0.29, 0.717) is 0 Å². The Balaban J connectivity index is 0.000000771. The fourth-order valence-electron chi connectivity index (χ4n) is 2.55. The van der Waals surface area contributed by atoms with E-state index in [4.69, 9.17) is 0 Å². The summed E-state index contributed by atoms with van der Waals surface area (Å²) in [6, 6.07) is 8.82. The second-order valence-electron chi connectivity index (χ2n) is 5.23. The van der Waals surface area contributed by atoms with Crippen molar-refractivity contribution in [3.63, 3.8) is 0 Å². The van der Waals surface area contributed by atoms with Crippen molar-refractivity contribution < 1.29 is 4.58 Å². The molecule has 0 N–H and O–H groups in total. The fraction of sp³-hybridized carbons (Fsp3) is 0.588. The topological polar surface area (TPSA) is 3.01 Å². The third kappa shape index (κ3) is 2.50. The lowest BCUT2D eigenvalue weighted by atomic mass is 9.82. The zero-order chi connectivity index (χ0) is 13.8. The summed E-state index contributed by atoms with van der Waals surface area (Å²) in [7, 11) is 0. The average molecular weight is 246 g/mol. The molecule has 0 bridgehead atoms. The first kappa shape index (κ1) is 14.9. The van der Waals surface area contributed by atoms with Gasteiger partial charge in [0.25, 0.3) is 0 Å². The molecule has 1 aliphatic heterocycles. The molecule has 0 spiro atoms. The van der Waals surface area contributed by atoms with Crippen LogP contribution in [0.15, 0.2) is 24.3 Å². The van der Waals surface area contributed by atoms with Crippen LogP contribution in [-0.4, -0.2) is 16.8 Å². The second kappa shape index (κ2) is 6.17. The van der Waals surface area contributed by atoms with Crippen molar-refractivity contribution >= 4 is 11.4 Å². The molecule has 2 rings (SSSR count). The van der Waals surface area contributed by atoms with Crippen molar-refractivity contribution in [2.75, 3.05) is 6.54 Å². The van der Waals surface area contributed by atoms with Gasteiger partial charge in [-0.05, 0) is 13.8 Å². The molecule has 0 aliphatic carbocycles. The number of rotatable bonds is 3. The van der Waals surface area contributed by atoms with Gasteiger partial charge in [0.2, 0.25) is 5.69 Å². The zero-order valence-corrected chi connectivity index (χ0v) is 12.9. The number of nitrogens with zero attached hydrogens (tertiary/aromatic N) is 1. The number of unbranched alkanes of at least 4 members (excludes halogenated alkanes) is 1. The van der Waals surface area contributed by atoms with Crippen molar-refractivity contribution in [3.8, 4) is 0 Å². The molecule has 0 atom stereocenters. The quantitative estimate of drug-likeness (QED) is 0.667. The fourth-order valence-corrected chi connectivity index (χ4v) is 2.55. The van der Waals surface area contributed by atoms with Gasteiger partial charge in [-0.25, -0.2) is 0 Å². The van der Waals surface area contributed by atoms with E-state index in [1.165, 1.54) is 29.8 Å². The second-order valence-corrected chi connectivity index (χ2v) is 5.23. The van der Waals surface area contributed by atoms with Crippen LogP contribution in [0.2, 0.25) is 0 Å². The van der Waals surface area contributed by atoms with E-state index in [9.17, 15) is 0 Å². The predicted octanol–water partition coefficient (Wildman–Crippen LogP) is 4.91. The Morgan fingerprint density at radius 1 is 1.11 bits per heavy atom. The molecule has 1 heterocycles. The van der Waals surface area contributed by atoms with Gasteiger partial charge < -0.3 is 0 Å². The smallest absolute Gasteiger partial charge is 0.199 e. The van der Waals surface area contributed by atoms with Gasteiger partial charge in [0.15, 0.2) is 5.71 Å². The molecule has 1 heteroatoms. The average Bonchev–Trinajstić information content (AvgIpc) is 2.59. The van der Waals surface area contributed by atoms with Crippen LogP contribution in [0, 0.1) is 0 Å².